The van der Waals surface area contributed by atoms with Crippen molar-refractivity contribution in [1.29, 1.82) is 0 Å². The molecule has 0 aromatic rings. The zero-order chi connectivity index (χ0) is 10.7. The third-order valence-electron chi connectivity index (χ3n) is 3.19. The van der Waals surface area contributed by atoms with E-state index in [2.05, 4.69) is 25.7 Å². The molecule has 0 bridgehead atoms. The molecule has 0 unspecified atom stereocenters. The van der Waals surface area contributed by atoms with E-state index in [1.807, 2.05) is 7.05 Å². The highest BCUT2D eigenvalue weighted by Gasteiger charge is 2.35. The van der Waals surface area contributed by atoms with Crippen molar-refractivity contribution >= 4 is 5.91 Å². The molecule has 0 aromatic carbocycles. The van der Waals surface area contributed by atoms with Crippen LogP contribution in [0, 0.1) is 23.7 Å². The molecule has 0 N–H and O–H groups in total. The fraction of sp³-hybridized carbons (Fsp3) is 0.750. The Hall–Kier alpha value is -0.970. The van der Waals surface area contributed by atoms with Crippen molar-refractivity contribution in [2.24, 2.45) is 11.8 Å². The summed E-state index contributed by atoms with van der Waals surface area (Å²) in [5, 5.41) is 0. The van der Waals surface area contributed by atoms with Crippen LogP contribution in [0.1, 0.15) is 33.6 Å². The first-order valence-corrected chi connectivity index (χ1v) is 5.25. The Morgan fingerprint density at radius 2 is 2.00 bits per heavy atom. The van der Waals surface area contributed by atoms with Crippen molar-refractivity contribution in [1.82, 2.24) is 4.90 Å². The fourth-order valence-corrected chi connectivity index (χ4v) is 1.85. The molecule has 1 amide bonds. The lowest BCUT2D eigenvalue weighted by molar-refractivity contribution is -0.128. The van der Waals surface area contributed by atoms with Gasteiger partial charge in [0, 0.05) is 13.1 Å². The fourth-order valence-electron chi connectivity index (χ4n) is 1.85. The van der Waals surface area contributed by atoms with Crippen LogP contribution in [-0.4, -0.2) is 23.9 Å². The number of carbonyl (C=O) groups excluding carboxylic acids is 1. The van der Waals surface area contributed by atoms with E-state index in [0.717, 1.165) is 24.7 Å². The summed E-state index contributed by atoms with van der Waals surface area (Å²) < 4.78 is 0. The number of rotatable bonds is 2. The highest BCUT2D eigenvalue weighted by molar-refractivity contribution is 5.93. The van der Waals surface area contributed by atoms with Crippen molar-refractivity contribution in [2.75, 3.05) is 7.05 Å². The first-order valence-electron chi connectivity index (χ1n) is 5.25. The summed E-state index contributed by atoms with van der Waals surface area (Å²) in [5.74, 6) is 6.72. The molecule has 0 aromatic heterocycles. The Kier molecular flexibility index (Phi) is 3.57. The standard InChI is InChI=1S/C12H19NO/c1-5-6-12(14)13(4)11-7-10(8-11)9(2)3/h9-11H,7-8H2,1-4H3. The second kappa shape index (κ2) is 4.50. The Balaban J connectivity index is 2.38. The van der Waals surface area contributed by atoms with Crippen LogP contribution in [0.3, 0.4) is 0 Å². The lowest BCUT2D eigenvalue weighted by Crippen LogP contribution is -2.46. The third kappa shape index (κ3) is 2.29. The zero-order valence-corrected chi connectivity index (χ0v) is 9.50. The Morgan fingerprint density at radius 3 is 2.43 bits per heavy atom. The molecule has 1 fully saturated rings. The smallest absolute Gasteiger partial charge is 0.298 e. The van der Waals surface area contributed by atoms with Crippen LogP contribution >= 0.6 is 0 Å². The van der Waals surface area contributed by atoms with Crippen LogP contribution in [-0.2, 0) is 4.79 Å². The summed E-state index contributed by atoms with van der Waals surface area (Å²) in [4.78, 5) is 13.2. The molecule has 78 valence electrons. The van der Waals surface area contributed by atoms with E-state index in [9.17, 15) is 4.79 Å². The van der Waals surface area contributed by atoms with Crippen molar-refractivity contribution in [3.05, 3.63) is 0 Å². The van der Waals surface area contributed by atoms with Gasteiger partial charge in [0.25, 0.3) is 5.91 Å². The Morgan fingerprint density at radius 1 is 1.43 bits per heavy atom. The number of carbonyl (C=O) groups is 1. The summed E-state index contributed by atoms with van der Waals surface area (Å²) in [7, 11) is 1.86. The van der Waals surface area contributed by atoms with Gasteiger partial charge in [0.2, 0.25) is 0 Å². The van der Waals surface area contributed by atoms with Crippen molar-refractivity contribution in [3.63, 3.8) is 0 Å². The van der Waals surface area contributed by atoms with Crippen LogP contribution in [0.15, 0.2) is 0 Å². The summed E-state index contributed by atoms with van der Waals surface area (Å²) in [6.07, 6.45) is 2.29. The lowest BCUT2D eigenvalue weighted by Gasteiger charge is -2.42. The molecule has 0 spiro atoms. The Bertz CT molecular complexity index is 266. The van der Waals surface area contributed by atoms with Gasteiger partial charge in [-0.3, -0.25) is 4.79 Å². The summed E-state index contributed by atoms with van der Waals surface area (Å²) >= 11 is 0. The van der Waals surface area contributed by atoms with Gasteiger partial charge in [0.1, 0.15) is 0 Å². The van der Waals surface area contributed by atoms with E-state index in [1.165, 1.54) is 0 Å². The topological polar surface area (TPSA) is 20.3 Å². The maximum atomic E-state index is 11.4. The van der Waals surface area contributed by atoms with Crippen LogP contribution in [0.5, 0.6) is 0 Å². The highest BCUT2D eigenvalue weighted by atomic mass is 16.2. The van der Waals surface area contributed by atoms with E-state index >= 15 is 0 Å². The zero-order valence-electron chi connectivity index (χ0n) is 9.50. The molecule has 2 nitrogen and oxygen atoms in total. The molecule has 0 aliphatic heterocycles. The molecular weight excluding hydrogens is 174 g/mol. The molecule has 1 rings (SSSR count). The van der Waals surface area contributed by atoms with Gasteiger partial charge in [-0.25, -0.2) is 0 Å². The second-order valence-corrected chi connectivity index (χ2v) is 4.42. The van der Waals surface area contributed by atoms with E-state index in [-0.39, 0.29) is 5.91 Å². The third-order valence-corrected chi connectivity index (χ3v) is 3.19. The average molecular weight is 193 g/mol. The minimum Gasteiger partial charge on any atom is -0.332 e. The molecule has 14 heavy (non-hydrogen) atoms. The molecule has 0 heterocycles. The summed E-state index contributed by atoms with van der Waals surface area (Å²) in [6, 6.07) is 0.427. The van der Waals surface area contributed by atoms with Crippen LogP contribution in [0.25, 0.3) is 0 Å². The highest BCUT2D eigenvalue weighted by Crippen LogP contribution is 2.36. The van der Waals surface area contributed by atoms with E-state index in [4.69, 9.17) is 0 Å². The Labute approximate surface area is 86.7 Å². The first kappa shape index (κ1) is 11.1. The maximum Gasteiger partial charge on any atom is 0.298 e. The minimum absolute atomic E-state index is 0.0419. The number of amides is 1. The van der Waals surface area contributed by atoms with Gasteiger partial charge in [-0.15, -0.1) is 0 Å². The maximum absolute atomic E-state index is 11.4. The first-order chi connectivity index (χ1) is 6.56. The lowest BCUT2D eigenvalue weighted by atomic mass is 9.73. The van der Waals surface area contributed by atoms with Crippen LogP contribution < -0.4 is 0 Å². The summed E-state index contributed by atoms with van der Waals surface area (Å²) in [6.45, 7) is 6.19. The van der Waals surface area contributed by atoms with Crippen molar-refractivity contribution in [2.45, 2.75) is 39.7 Å². The van der Waals surface area contributed by atoms with Crippen molar-refractivity contribution in [3.8, 4) is 11.8 Å². The quantitative estimate of drug-likeness (QED) is 0.613. The molecule has 0 atom stereocenters. The number of hydrogen-bond donors (Lipinski definition) is 0. The van der Waals surface area contributed by atoms with Crippen LogP contribution in [0.4, 0.5) is 0 Å². The summed E-state index contributed by atoms with van der Waals surface area (Å²) in [5.41, 5.74) is 0. The van der Waals surface area contributed by atoms with Gasteiger partial charge in [0.15, 0.2) is 0 Å². The largest absolute Gasteiger partial charge is 0.332 e. The molecule has 0 radical (unpaired) electrons. The molecular formula is C12H19NO. The van der Waals surface area contributed by atoms with Gasteiger partial charge in [-0.05, 0) is 37.5 Å². The van der Waals surface area contributed by atoms with E-state index in [0.29, 0.717) is 6.04 Å². The van der Waals surface area contributed by atoms with E-state index < -0.39 is 0 Å². The van der Waals surface area contributed by atoms with Gasteiger partial charge in [-0.1, -0.05) is 19.8 Å². The molecule has 1 aliphatic rings. The van der Waals surface area contributed by atoms with Gasteiger partial charge in [-0.2, -0.15) is 0 Å². The monoisotopic (exact) mass is 193 g/mol. The van der Waals surface area contributed by atoms with Crippen LogP contribution in [0.2, 0.25) is 0 Å². The van der Waals surface area contributed by atoms with Gasteiger partial charge >= 0.3 is 0 Å². The molecule has 2 heteroatoms. The van der Waals surface area contributed by atoms with Gasteiger partial charge < -0.3 is 4.90 Å². The molecule has 0 saturated heterocycles. The minimum atomic E-state index is -0.0419. The molecule has 1 aliphatic carbocycles. The number of hydrogen-bond acceptors (Lipinski definition) is 1. The molecule has 1 saturated carbocycles. The van der Waals surface area contributed by atoms with Gasteiger partial charge in [0.05, 0.1) is 0 Å². The predicted octanol–water partition coefficient (Wildman–Crippen LogP) is 1.90. The predicted molar refractivity (Wildman–Crippen MR) is 57.6 cm³/mol. The average Bonchev–Trinajstić information content (AvgIpc) is 2.00. The normalized spacial score (nSPS) is 24.9. The van der Waals surface area contributed by atoms with Crippen molar-refractivity contribution < 1.29 is 4.79 Å². The van der Waals surface area contributed by atoms with E-state index in [1.54, 1.807) is 11.8 Å². The second-order valence-electron chi connectivity index (χ2n) is 4.42. The number of nitrogens with zero attached hydrogens (tertiary/aromatic N) is 1. The SMILES string of the molecule is CC#CC(=O)N(C)C1CC(C(C)C)C1.